The number of likely N-dealkylation sites (tertiary alicyclic amines) is 1. The number of rotatable bonds is 4. The number of hydrogen-bond donors (Lipinski definition) is 1. The maximum absolute atomic E-state index is 12.6. The van der Waals surface area contributed by atoms with E-state index in [1.807, 2.05) is 30.3 Å². The monoisotopic (exact) mass is 316 g/mol. The fourth-order valence-corrected chi connectivity index (χ4v) is 3.76. The number of hydrogen-bond acceptors (Lipinski definition) is 3. The van der Waals surface area contributed by atoms with Gasteiger partial charge in [0.2, 0.25) is 5.91 Å². The highest BCUT2D eigenvalue weighted by Gasteiger charge is 2.31. The van der Waals surface area contributed by atoms with Gasteiger partial charge in [-0.15, -0.1) is 0 Å². The van der Waals surface area contributed by atoms with Gasteiger partial charge in [0.25, 0.3) is 0 Å². The van der Waals surface area contributed by atoms with E-state index in [4.69, 9.17) is 10.5 Å². The number of carbonyl (C=O) groups is 1. The average Bonchev–Trinajstić information content (AvgIpc) is 2.61. The van der Waals surface area contributed by atoms with Gasteiger partial charge in [-0.05, 0) is 50.2 Å². The molecule has 1 saturated heterocycles. The van der Waals surface area contributed by atoms with Gasteiger partial charge in [0, 0.05) is 25.0 Å². The molecule has 1 aliphatic carbocycles. The molecular formula is C19H28N2O2. The van der Waals surface area contributed by atoms with E-state index in [2.05, 4.69) is 4.90 Å². The summed E-state index contributed by atoms with van der Waals surface area (Å²) in [5, 5.41) is 0. The number of para-hydroxylation sites is 1. The molecule has 4 nitrogen and oxygen atoms in total. The van der Waals surface area contributed by atoms with Gasteiger partial charge in [-0.2, -0.15) is 0 Å². The van der Waals surface area contributed by atoms with Crippen LogP contribution in [0.25, 0.3) is 0 Å². The van der Waals surface area contributed by atoms with Gasteiger partial charge in [-0.3, -0.25) is 4.79 Å². The Kier molecular flexibility index (Phi) is 5.55. The zero-order valence-electron chi connectivity index (χ0n) is 13.8. The topological polar surface area (TPSA) is 55.6 Å². The largest absolute Gasteiger partial charge is 0.493 e. The Hall–Kier alpha value is -1.55. The molecule has 2 fully saturated rings. The van der Waals surface area contributed by atoms with Crippen molar-refractivity contribution in [1.82, 2.24) is 4.90 Å². The summed E-state index contributed by atoms with van der Waals surface area (Å²) in [6.45, 7) is 2.49. The van der Waals surface area contributed by atoms with Crippen LogP contribution in [0.1, 0.15) is 38.5 Å². The van der Waals surface area contributed by atoms with Crippen LogP contribution in [0, 0.1) is 11.8 Å². The molecule has 1 aromatic rings. The second-order valence-electron chi connectivity index (χ2n) is 7.02. The van der Waals surface area contributed by atoms with E-state index in [-0.39, 0.29) is 12.0 Å². The Bertz CT molecular complexity index is 497. The molecule has 2 N–H and O–H groups in total. The van der Waals surface area contributed by atoms with Gasteiger partial charge in [0.1, 0.15) is 5.75 Å². The number of carbonyl (C=O) groups excluding carboxylic acids is 1. The molecule has 1 aromatic carbocycles. The molecule has 2 unspecified atom stereocenters. The van der Waals surface area contributed by atoms with E-state index >= 15 is 0 Å². The molecule has 1 amide bonds. The van der Waals surface area contributed by atoms with E-state index < -0.39 is 0 Å². The summed E-state index contributed by atoms with van der Waals surface area (Å²) >= 11 is 0. The van der Waals surface area contributed by atoms with Crippen molar-refractivity contribution >= 4 is 5.91 Å². The van der Waals surface area contributed by atoms with Crippen LogP contribution in [0.15, 0.2) is 30.3 Å². The summed E-state index contributed by atoms with van der Waals surface area (Å²) in [6.07, 6.45) is 6.13. The van der Waals surface area contributed by atoms with Crippen LogP contribution < -0.4 is 10.5 Å². The van der Waals surface area contributed by atoms with Crippen LogP contribution in [0.2, 0.25) is 0 Å². The third-order valence-corrected chi connectivity index (χ3v) is 5.22. The maximum atomic E-state index is 12.6. The normalized spacial score (nSPS) is 26.0. The van der Waals surface area contributed by atoms with Crippen LogP contribution in [0.4, 0.5) is 0 Å². The third-order valence-electron chi connectivity index (χ3n) is 5.22. The SMILES string of the molecule is NC1CCCC(C(=O)N2CCC(COc3ccccc3)CC2)C1. The smallest absolute Gasteiger partial charge is 0.225 e. The lowest BCUT2D eigenvalue weighted by Crippen LogP contribution is -2.45. The van der Waals surface area contributed by atoms with Gasteiger partial charge in [0.15, 0.2) is 0 Å². The third kappa shape index (κ3) is 4.47. The molecule has 3 rings (SSSR count). The van der Waals surface area contributed by atoms with Crippen molar-refractivity contribution in [3.63, 3.8) is 0 Å². The van der Waals surface area contributed by atoms with E-state index in [0.717, 1.165) is 64.0 Å². The lowest BCUT2D eigenvalue weighted by Gasteiger charge is -2.36. The summed E-state index contributed by atoms with van der Waals surface area (Å²) in [4.78, 5) is 14.7. The Balaban J connectivity index is 1.42. The summed E-state index contributed by atoms with van der Waals surface area (Å²) in [5.74, 6) is 1.98. The highest BCUT2D eigenvalue weighted by molar-refractivity contribution is 5.79. The lowest BCUT2D eigenvalue weighted by molar-refractivity contribution is -0.138. The van der Waals surface area contributed by atoms with Crippen molar-refractivity contribution in [2.24, 2.45) is 17.6 Å². The number of ether oxygens (including phenoxy) is 1. The second-order valence-corrected chi connectivity index (χ2v) is 7.02. The first-order valence-electron chi connectivity index (χ1n) is 8.94. The lowest BCUT2D eigenvalue weighted by atomic mass is 9.84. The standard InChI is InChI=1S/C19H28N2O2/c20-17-6-4-5-16(13-17)19(22)21-11-9-15(10-12-21)14-23-18-7-2-1-3-8-18/h1-3,7-8,15-17H,4-6,9-14,20H2. The molecule has 0 radical (unpaired) electrons. The highest BCUT2D eigenvalue weighted by Crippen LogP contribution is 2.27. The molecule has 126 valence electrons. The minimum atomic E-state index is 0.163. The van der Waals surface area contributed by atoms with Crippen LogP contribution in [0.3, 0.4) is 0 Å². The minimum Gasteiger partial charge on any atom is -0.493 e. The molecule has 2 aliphatic rings. The first-order valence-corrected chi connectivity index (χ1v) is 8.94. The Morgan fingerprint density at radius 3 is 2.57 bits per heavy atom. The molecule has 1 heterocycles. The van der Waals surface area contributed by atoms with Crippen LogP contribution >= 0.6 is 0 Å². The van der Waals surface area contributed by atoms with Crippen LogP contribution in [-0.4, -0.2) is 36.5 Å². The van der Waals surface area contributed by atoms with E-state index in [0.29, 0.717) is 11.8 Å². The fraction of sp³-hybridized carbons (Fsp3) is 0.632. The number of amides is 1. The van der Waals surface area contributed by atoms with Gasteiger partial charge < -0.3 is 15.4 Å². The average molecular weight is 316 g/mol. The number of nitrogens with two attached hydrogens (primary N) is 1. The molecule has 23 heavy (non-hydrogen) atoms. The molecule has 2 atom stereocenters. The van der Waals surface area contributed by atoms with Crippen molar-refractivity contribution in [2.45, 2.75) is 44.6 Å². The molecule has 0 aromatic heterocycles. The van der Waals surface area contributed by atoms with E-state index in [9.17, 15) is 4.79 Å². The number of piperidine rings is 1. The Labute approximate surface area is 139 Å². The molecular weight excluding hydrogens is 288 g/mol. The van der Waals surface area contributed by atoms with Crippen molar-refractivity contribution in [1.29, 1.82) is 0 Å². The fourth-order valence-electron chi connectivity index (χ4n) is 3.76. The summed E-state index contributed by atoms with van der Waals surface area (Å²) in [7, 11) is 0. The summed E-state index contributed by atoms with van der Waals surface area (Å²) in [5.41, 5.74) is 6.02. The Morgan fingerprint density at radius 1 is 1.13 bits per heavy atom. The van der Waals surface area contributed by atoms with E-state index in [1.165, 1.54) is 0 Å². The van der Waals surface area contributed by atoms with Crippen molar-refractivity contribution < 1.29 is 9.53 Å². The predicted molar refractivity (Wildman–Crippen MR) is 91.2 cm³/mol. The van der Waals surface area contributed by atoms with Crippen molar-refractivity contribution in [3.8, 4) is 5.75 Å². The summed E-state index contributed by atoms with van der Waals surface area (Å²) in [6, 6.07) is 10.2. The zero-order valence-corrected chi connectivity index (χ0v) is 13.8. The number of nitrogens with zero attached hydrogens (tertiary/aromatic N) is 1. The van der Waals surface area contributed by atoms with Gasteiger partial charge in [-0.1, -0.05) is 24.6 Å². The Morgan fingerprint density at radius 2 is 1.87 bits per heavy atom. The number of benzene rings is 1. The quantitative estimate of drug-likeness (QED) is 0.929. The minimum absolute atomic E-state index is 0.163. The highest BCUT2D eigenvalue weighted by atomic mass is 16.5. The van der Waals surface area contributed by atoms with Gasteiger partial charge in [0.05, 0.1) is 6.61 Å². The molecule has 0 spiro atoms. The van der Waals surface area contributed by atoms with Crippen LogP contribution in [0.5, 0.6) is 5.75 Å². The van der Waals surface area contributed by atoms with Gasteiger partial charge >= 0.3 is 0 Å². The molecule has 0 bridgehead atoms. The maximum Gasteiger partial charge on any atom is 0.225 e. The van der Waals surface area contributed by atoms with E-state index in [1.54, 1.807) is 0 Å². The van der Waals surface area contributed by atoms with Crippen molar-refractivity contribution in [3.05, 3.63) is 30.3 Å². The zero-order chi connectivity index (χ0) is 16.1. The first-order chi connectivity index (χ1) is 11.2. The van der Waals surface area contributed by atoms with Gasteiger partial charge in [-0.25, -0.2) is 0 Å². The molecule has 4 heteroatoms. The first kappa shape index (κ1) is 16.3. The van der Waals surface area contributed by atoms with Crippen LogP contribution in [-0.2, 0) is 4.79 Å². The molecule has 1 saturated carbocycles. The molecule has 1 aliphatic heterocycles. The summed E-state index contributed by atoms with van der Waals surface area (Å²) < 4.78 is 5.85. The second kappa shape index (κ2) is 7.82. The predicted octanol–water partition coefficient (Wildman–Crippen LogP) is 2.82. The van der Waals surface area contributed by atoms with Crippen molar-refractivity contribution in [2.75, 3.05) is 19.7 Å².